The zero-order valence-electron chi connectivity index (χ0n) is 12.3. The highest BCUT2D eigenvalue weighted by molar-refractivity contribution is 7.88. The smallest absolute Gasteiger partial charge is 0.211 e. The van der Waals surface area contributed by atoms with Gasteiger partial charge in [-0.25, -0.2) is 8.42 Å². The van der Waals surface area contributed by atoms with Crippen LogP contribution >= 0.6 is 0 Å². The Balaban J connectivity index is 1.60. The maximum Gasteiger partial charge on any atom is 0.211 e. The van der Waals surface area contributed by atoms with E-state index in [0.29, 0.717) is 19.1 Å². The summed E-state index contributed by atoms with van der Waals surface area (Å²) >= 11 is 0. The van der Waals surface area contributed by atoms with Crippen LogP contribution < -0.4 is 10.2 Å². The Kier molecular flexibility index (Phi) is 4.14. The monoisotopic (exact) mass is 310 g/mol. The van der Waals surface area contributed by atoms with Gasteiger partial charge in [0.15, 0.2) is 0 Å². The molecule has 1 N–H and O–H groups in total. The lowest BCUT2D eigenvalue weighted by Crippen LogP contribution is -2.48. The summed E-state index contributed by atoms with van der Waals surface area (Å²) in [7, 11) is -3.07. The van der Waals surface area contributed by atoms with Crippen molar-refractivity contribution in [3.05, 3.63) is 24.0 Å². The van der Waals surface area contributed by atoms with Crippen LogP contribution in [0.2, 0.25) is 0 Å². The van der Waals surface area contributed by atoms with Gasteiger partial charge in [-0.2, -0.15) is 4.31 Å². The van der Waals surface area contributed by atoms with Gasteiger partial charge in [-0.05, 0) is 25.0 Å². The lowest BCUT2D eigenvalue weighted by Gasteiger charge is -2.34. The molecule has 0 atom stereocenters. The molecule has 1 aliphatic carbocycles. The van der Waals surface area contributed by atoms with E-state index in [-0.39, 0.29) is 0 Å². The quantitative estimate of drug-likeness (QED) is 0.853. The summed E-state index contributed by atoms with van der Waals surface area (Å²) in [6.45, 7) is 3.37. The second kappa shape index (κ2) is 5.90. The van der Waals surface area contributed by atoms with Crippen LogP contribution in [0.4, 0.5) is 5.69 Å². The van der Waals surface area contributed by atoms with Crippen LogP contribution in [0.1, 0.15) is 18.5 Å². The number of pyridine rings is 1. The van der Waals surface area contributed by atoms with E-state index in [1.165, 1.54) is 19.1 Å². The fourth-order valence-corrected chi connectivity index (χ4v) is 3.40. The van der Waals surface area contributed by atoms with Crippen LogP contribution in [0.25, 0.3) is 0 Å². The van der Waals surface area contributed by atoms with Crippen molar-refractivity contribution in [2.75, 3.05) is 37.3 Å². The first-order valence-electron chi connectivity index (χ1n) is 7.41. The third-order valence-electron chi connectivity index (χ3n) is 4.02. The fraction of sp³-hybridized carbons (Fsp3) is 0.643. The predicted octanol–water partition coefficient (Wildman–Crippen LogP) is 0.415. The van der Waals surface area contributed by atoms with Crippen molar-refractivity contribution in [2.24, 2.45) is 0 Å². The molecule has 1 saturated carbocycles. The van der Waals surface area contributed by atoms with Gasteiger partial charge >= 0.3 is 0 Å². The maximum atomic E-state index is 11.5. The molecule has 0 bridgehead atoms. The Bertz CT molecular complexity index is 593. The van der Waals surface area contributed by atoms with Gasteiger partial charge in [-0.15, -0.1) is 0 Å². The Morgan fingerprint density at radius 2 is 2.00 bits per heavy atom. The van der Waals surface area contributed by atoms with E-state index in [4.69, 9.17) is 0 Å². The van der Waals surface area contributed by atoms with E-state index in [2.05, 4.69) is 21.3 Å². The molecule has 2 aliphatic rings. The average Bonchev–Trinajstić information content (AvgIpc) is 3.29. The van der Waals surface area contributed by atoms with E-state index < -0.39 is 10.0 Å². The van der Waals surface area contributed by atoms with Gasteiger partial charge in [0.2, 0.25) is 10.0 Å². The molecule has 2 fully saturated rings. The molecule has 21 heavy (non-hydrogen) atoms. The molecule has 2 heterocycles. The molecule has 0 amide bonds. The summed E-state index contributed by atoms with van der Waals surface area (Å²) in [6.07, 6.45) is 5.65. The van der Waals surface area contributed by atoms with Gasteiger partial charge in [0.25, 0.3) is 0 Å². The normalized spacial score (nSPS) is 20.7. The van der Waals surface area contributed by atoms with Crippen LogP contribution in [-0.4, -0.2) is 56.2 Å². The van der Waals surface area contributed by atoms with E-state index in [0.717, 1.165) is 31.0 Å². The van der Waals surface area contributed by atoms with Crippen LogP contribution in [0, 0.1) is 0 Å². The molecular formula is C14H22N4O2S. The number of hydrogen-bond acceptors (Lipinski definition) is 5. The van der Waals surface area contributed by atoms with Crippen molar-refractivity contribution in [1.82, 2.24) is 14.6 Å². The number of sulfonamides is 1. The molecule has 116 valence electrons. The number of hydrogen-bond donors (Lipinski definition) is 1. The van der Waals surface area contributed by atoms with Crippen LogP contribution in [0.15, 0.2) is 18.3 Å². The third-order valence-corrected chi connectivity index (χ3v) is 5.33. The summed E-state index contributed by atoms with van der Waals surface area (Å²) in [5, 5.41) is 3.46. The van der Waals surface area contributed by atoms with E-state index in [1.807, 2.05) is 12.3 Å². The molecule has 1 aromatic rings. The Hall–Kier alpha value is -1.18. The molecule has 1 aromatic heterocycles. The number of anilines is 1. The SMILES string of the molecule is CS(=O)(=O)N1CCN(c2ccnc(CNC3CC3)c2)CC1. The molecule has 1 saturated heterocycles. The molecule has 0 spiro atoms. The Labute approximate surface area is 126 Å². The van der Waals surface area contributed by atoms with Gasteiger partial charge in [0.1, 0.15) is 0 Å². The van der Waals surface area contributed by atoms with Crippen molar-refractivity contribution in [1.29, 1.82) is 0 Å². The summed E-state index contributed by atoms with van der Waals surface area (Å²) in [6, 6.07) is 4.77. The van der Waals surface area contributed by atoms with Crippen molar-refractivity contribution >= 4 is 15.7 Å². The lowest BCUT2D eigenvalue weighted by atomic mass is 10.2. The first-order valence-corrected chi connectivity index (χ1v) is 9.25. The van der Waals surface area contributed by atoms with Crippen LogP contribution in [0.3, 0.4) is 0 Å². The molecular weight excluding hydrogens is 288 g/mol. The molecule has 0 unspecified atom stereocenters. The Morgan fingerprint density at radius 1 is 1.29 bits per heavy atom. The highest BCUT2D eigenvalue weighted by Gasteiger charge is 2.24. The Morgan fingerprint density at radius 3 is 2.62 bits per heavy atom. The van der Waals surface area contributed by atoms with Crippen LogP contribution in [0.5, 0.6) is 0 Å². The minimum atomic E-state index is -3.07. The van der Waals surface area contributed by atoms with Crippen molar-refractivity contribution in [3.63, 3.8) is 0 Å². The van der Waals surface area contributed by atoms with Gasteiger partial charge in [-0.3, -0.25) is 4.98 Å². The third kappa shape index (κ3) is 3.93. The van der Waals surface area contributed by atoms with Gasteiger partial charge in [-0.1, -0.05) is 0 Å². The topological polar surface area (TPSA) is 65.5 Å². The second-order valence-corrected chi connectivity index (χ2v) is 7.79. The van der Waals surface area contributed by atoms with Crippen molar-refractivity contribution in [3.8, 4) is 0 Å². The lowest BCUT2D eigenvalue weighted by molar-refractivity contribution is 0.388. The molecule has 7 heteroatoms. The van der Waals surface area contributed by atoms with E-state index in [1.54, 1.807) is 4.31 Å². The van der Waals surface area contributed by atoms with Crippen molar-refractivity contribution < 1.29 is 8.42 Å². The summed E-state index contributed by atoms with van der Waals surface area (Å²) in [5.74, 6) is 0. The zero-order chi connectivity index (χ0) is 14.9. The number of nitrogens with one attached hydrogen (secondary N) is 1. The molecule has 1 aliphatic heterocycles. The van der Waals surface area contributed by atoms with Gasteiger partial charge in [0.05, 0.1) is 11.9 Å². The number of rotatable bonds is 5. The van der Waals surface area contributed by atoms with Gasteiger partial charge in [0, 0.05) is 50.6 Å². The minimum absolute atomic E-state index is 0.552. The second-order valence-electron chi connectivity index (χ2n) is 5.81. The average molecular weight is 310 g/mol. The minimum Gasteiger partial charge on any atom is -0.369 e. The fourth-order valence-electron chi connectivity index (χ4n) is 2.57. The first-order chi connectivity index (χ1) is 10.0. The highest BCUT2D eigenvalue weighted by atomic mass is 32.2. The summed E-state index contributed by atoms with van der Waals surface area (Å²) in [5.41, 5.74) is 2.18. The standard InChI is InChI=1S/C14H22N4O2S/c1-21(19,20)18-8-6-17(7-9-18)14-4-5-15-13(10-14)11-16-12-2-3-12/h4-5,10,12,16H,2-3,6-9,11H2,1H3. The number of piperazine rings is 1. The zero-order valence-corrected chi connectivity index (χ0v) is 13.1. The highest BCUT2D eigenvalue weighted by Crippen LogP contribution is 2.21. The maximum absolute atomic E-state index is 11.5. The largest absolute Gasteiger partial charge is 0.369 e. The summed E-state index contributed by atoms with van der Waals surface area (Å²) in [4.78, 5) is 6.62. The van der Waals surface area contributed by atoms with Crippen LogP contribution in [-0.2, 0) is 16.6 Å². The van der Waals surface area contributed by atoms with E-state index in [9.17, 15) is 8.42 Å². The molecule has 0 radical (unpaired) electrons. The van der Waals surface area contributed by atoms with Gasteiger partial charge < -0.3 is 10.2 Å². The molecule has 6 nitrogen and oxygen atoms in total. The first kappa shape index (κ1) is 14.7. The van der Waals surface area contributed by atoms with E-state index >= 15 is 0 Å². The number of nitrogens with zero attached hydrogens (tertiary/aromatic N) is 3. The number of aromatic nitrogens is 1. The summed E-state index contributed by atoms with van der Waals surface area (Å²) < 4.78 is 24.6. The van der Waals surface area contributed by atoms with Crippen molar-refractivity contribution in [2.45, 2.75) is 25.4 Å². The molecule has 3 rings (SSSR count). The predicted molar refractivity (Wildman–Crippen MR) is 82.7 cm³/mol. The molecule has 0 aromatic carbocycles.